The van der Waals surface area contributed by atoms with Crippen molar-refractivity contribution in [2.45, 2.75) is 24.9 Å². The van der Waals surface area contributed by atoms with Crippen molar-refractivity contribution in [3.05, 3.63) is 0 Å². The van der Waals surface area contributed by atoms with Gasteiger partial charge >= 0.3 is 0 Å². The van der Waals surface area contributed by atoms with Crippen LogP contribution in [0.3, 0.4) is 0 Å². The molecule has 17 heavy (non-hydrogen) atoms. The zero-order valence-electron chi connectivity index (χ0n) is 10.1. The van der Waals surface area contributed by atoms with Gasteiger partial charge in [0.15, 0.2) is 0 Å². The van der Waals surface area contributed by atoms with Gasteiger partial charge in [0.2, 0.25) is 11.8 Å². The lowest BCUT2D eigenvalue weighted by Gasteiger charge is -2.23. The predicted octanol–water partition coefficient (Wildman–Crippen LogP) is -0.572. The molecule has 5 nitrogen and oxygen atoms in total. The van der Waals surface area contributed by atoms with E-state index in [1.54, 1.807) is 11.9 Å². The van der Waals surface area contributed by atoms with Crippen LogP contribution in [0.25, 0.3) is 0 Å². The van der Waals surface area contributed by atoms with Crippen molar-refractivity contribution >= 4 is 23.6 Å². The lowest BCUT2D eigenvalue weighted by atomic mass is 10.2. The van der Waals surface area contributed by atoms with Gasteiger partial charge in [-0.2, -0.15) is 11.8 Å². The van der Waals surface area contributed by atoms with Gasteiger partial charge in [0.05, 0.1) is 6.04 Å². The molecule has 0 saturated carbocycles. The summed E-state index contributed by atoms with van der Waals surface area (Å²) in [6.07, 6.45) is 0.955. The van der Waals surface area contributed by atoms with Crippen molar-refractivity contribution in [3.63, 3.8) is 0 Å². The van der Waals surface area contributed by atoms with Gasteiger partial charge in [-0.25, -0.2) is 0 Å². The van der Waals surface area contributed by atoms with E-state index in [0.717, 1.165) is 18.1 Å². The van der Waals surface area contributed by atoms with Gasteiger partial charge in [0, 0.05) is 50.5 Å². The highest BCUT2D eigenvalue weighted by Gasteiger charge is 2.28. The minimum atomic E-state index is -0.00348. The van der Waals surface area contributed by atoms with E-state index in [4.69, 9.17) is 0 Å². The van der Waals surface area contributed by atoms with Crippen LogP contribution in [0, 0.1) is 0 Å². The van der Waals surface area contributed by atoms with E-state index >= 15 is 0 Å². The van der Waals surface area contributed by atoms with Crippen LogP contribution in [0.15, 0.2) is 0 Å². The fourth-order valence-electron chi connectivity index (χ4n) is 2.22. The molecular weight excluding hydrogens is 238 g/mol. The van der Waals surface area contributed by atoms with Crippen LogP contribution in [0.5, 0.6) is 0 Å². The highest BCUT2D eigenvalue weighted by Crippen LogP contribution is 2.12. The molecule has 0 aromatic rings. The Kier molecular flexibility index (Phi) is 4.28. The number of thioether (sulfide) groups is 1. The summed E-state index contributed by atoms with van der Waals surface area (Å²) < 4.78 is 0. The summed E-state index contributed by atoms with van der Waals surface area (Å²) in [5, 5.41) is 6.27. The smallest absolute Gasteiger partial charge is 0.224 e. The molecule has 0 spiro atoms. The van der Waals surface area contributed by atoms with Crippen LogP contribution in [-0.4, -0.2) is 60.4 Å². The first-order chi connectivity index (χ1) is 8.15. The molecule has 2 N–H and O–H groups in total. The van der Waals surface area contributed by atoms with Crippen LogP contribution in [0.4, 0.5) is 0 Å². The number of carbonyl (C=O) groups is 2. The quantitative estimate of drug-likeness (QED) is 0.711. The Bertz CT molecular complexity index is 305. The first-order valence-corrected chi connectivity index (χ1v) is 7.15. The average molecular weight is 257 g/mol. The SMILES string of the molecule is CN1CC(NC(=O)CC2CSCCN2)CC1=O. The first-order valence-electron chi connectivity index (χ1n) is 5.99. The monoisotopic (exact) mass is 257 g/mol. The molecule has 2 aliphatic rings. The molecule has 0 bridgehead atoms. The number of amides is 2. The second kappa shape index (κ2) is 5.73. The van der Waals surface area contributed by atoms with Crippen molar-refractivity contribution in [2.75, 3.05) is 31.6 Å². The van der Waals surface area contributed by atoms with Crippen molar-refractivity contribution in [1.82, 2.24) is 15.5 Å². The van der Waals surface area contributed by atoms with E-state index in [1.165, 1.54) is 0 Å². The third-order valence-electron chi connectivity index (χ3n) is 3.14. The van der Waals surface area contributed by atoms with Gasteiger partial charge in [-0.05, 0) is 0 Å². The molecule has 0 aliphatic carbocycles. The average Bonchev–Trinajstić information content (AvgIpc) is 2.59. The van der Waals surface area contributed by atoms with E-state index in [2.05, 4.69) is 10.6 Å². The third kappa shape index (κ3) is 3.61. The van der Waals surface area contributed by atoms with Gasteiger partial charge < -0.3 is 15.5 Å². The molecule has 2 unspecified atom stereocenters. The van der Waals surface area contributed by atoms with E-state index in [0.29, 0.717) is 19.4 Å². The molecular formula is C11H19N3O2S. The number of hydrogen-bond acceptors (Lipinski definition) is 4. The number of likely N-dealkylation sites (N-methyl/N-ethyl adjacent to an activating group) is 1. The van der Waals surface area contributed by atoms with Crippen LogP contribution < -0.4 is 10.6 Å². The summed E-state index contributed by atoms with van der Waals surface area (Å²) in [5.41, 5.74) is 0. The Labute approximate surface area is 106 Å². The molecule has 0 aromatic heterocycles. The van der Waals surface area contributed by atoms with Crippen molar-refractivity contribution < 1.29 is 9.59 Å². The largest absolute Gasteiger partial charge is 0.351 e. The van der Waals surface area contributed by atoms with E-state index < -0.39 is 0 Å². The minimum Gasteiger partial charge on any atom is -0.351 e. The Morgan fingerprint density at radius 1 is 1.65 bits per heavy atom. The van der Waals surface area contributed by atoms with E-state index in [-0.39, 0.29) is 23.9 Å². The van der Waals surface area contributed by atoms with Gasteiger partial charge in [-0.1, -0.05) is 0 Å². The van der Waals surface area contributed by atoms with Crippen LogP contribution in [-0.2, 0) is 9.59 Å². The predicted molar refractivity (Wildman–Crippen MR) is 67.9 cm³/mol. The van der Waals surface area contributed by atoms with Crippen molar-refractivity contribution in [3.8, 4) is 0 Å². The molecule has 2 heterocycles. The maximum atomic E-state index is 11.8. The molecule has 6 heteroatoms. The lowest BCUT2D eigenvalue weighted by Crippen LogP contribution is -2.44. The second-order valence-electron chi connectivity index (χ2n) is 4.67. The maximum absolute atomic E-state index is 11.8. The van der Waals surface area contributed by atoms with Crippen LogP contribution in [0.1, 0.15) is 12.8 Å². The first kappa shape index (κ1) is 12.7. The third-order valence-corrected chi connectivity index (χ3v) is 4.27. The summed E-state index contributed by atoms with van der Waals surface area (Å²) in [6.45, 7) is 1.62. The zero-order valence-corrected chi connectivity index (χ0v) is 10.9. The van der Waals surface area contributed by atoms with Crippen LogP contribution >= 0.6 is 11.8 Å². The molecule has 2 amide bonds. The van der Waals surface area contributed by atoms with E-state index in [9.17, 15) is 9.59 Å². The molecule has 96 valence electrons. The van der Waals surface area contributed by atoms with Gasteiger partial charge in [-0.3, -0.25) is 9.59 Å². The number of rotatable bonds is 3. The zero-order chi connectivity index (χ0) is 12.3. The van der Waals surface area contributed by atoms with Crippen molar-refractivity contribution in [1.29, 1.82) is 0 Å². The maximum Gasteiger partial charge on any atom is 0.224 e. The topological polar surface area (TPSA) is 61.4 Å². The van der Waals surface area contributed by atoms with Gasteiger partial charge in [0.25, 0.3) is 0 Å². The highest BCUT2D eigenvalue weighted by atomic mass is 32.2. The number of hydrogen-bond donors (Lipinski definition) is 2. The molecule has 0 aromatic carbocycles. The molecule has 0 radical (unpaired) electrons. The van der Waals surface area contributed by atoms with Crippen LogP contribution in [0.2, 0.25) is 0 Å². The Balaban J connectivity index is 1.72. The Morgan fingerprint density at radius 2 is 2.47 bits per heavy atom. The molecule has 2 rings (SSSR count). The molecule has 2 atom stereocenters. The summed E-state index contributed by atoms with van der Waals surface area (Å²) >= 11 is 1.88. The fourth-order valence-corrected chi connectivity index (χ4v) is 3.17. The van der Waals surface area contributed by atoms with E-state index in [1.807, 2.05) is 11.8 Å². The molecule has 2 aliphatic heterocycles. The van der Waals surface area contributed by atoms with Gasteiger partial charge in [-0.15, -0.1) is 0 Å². The summed E-state index contributed by atoms with van der Waals surface area (Å²) in [6, 6.07) is 0.278. The van der Waals surface area contributed by atoms with Crippen molar-refractivity contribution in [2.24, 2.45) is 0 Å². The highest BCUT2D eigenvalue weighted by molar-refractivity contribution is 7.99. The summed E-state index contributed by atoms with van der Waals surface area (Å²) in [4.78, 5) is 24.8. The summed E-state index contributed by atoms with van der Waals surface area (Å²) in [7, 11) is 1.77. The standard InChI is InChI=1S/C11H19N3O2S/c1-14-6-8(5-11(14)16)13-10(15)4-9-7-17-3-2-12-9/h8-9,12H,2-7H2,1H3,(H,13,15). The molecule has 2 saturated heterocycles. The fraction of sp³-hybridized carbons (Fsp3) is 0.818. The lowest BCUT2D eigenvalue weighted by molar-refractivity contribution is -0.126. The number of nitrogens with zero attached hydrogens (tertiary/aromatic N) is 1. The number of likely N-dealkylation sites (tertiary alicyclic amines) is 1. The summed E-state index contributed by atoms with van der Waals surface area (Å²) in [5.74, 6) is 2.29. The van der Waals surface area contributed by atoms with Gasteiger partial charge in [0.1, 0.15) is 0 Å². The number of nitrogens with one attached hydrogen (secondary N) is 2. The second-order valence-corrected chi connectivity index (χ2v) is 5.82. The Morgan fingerprint density at radius 3 is 3.06 bits per heavy atom. The number of carbonyl (C=O) groups excluding carboxylic acids is 2. The molecule has 2 fully saturated rings. The minimum absolute atomic E-state index is 0.00348. The normalized spacial score (nSPS) is 29.5. The Hall–Kier alpha value is -0.750.